The lowest BCUT2D eigenvalue weighted by molar-refractivity contribution is -0.141. The molecule has 0 aliphatic carbocycles. The number of rotatable bonds is 5. The number of alkyl halides is 3. The predicted molar refractivity (Wildman–Crippen MR) is 74.0 cm³/mol. The first-order chi connectivity index (χ1) is 10.4. The minimum absolute atomic E-state index is 0.342. The van der Waals surface area contributed by atoms with Crippen molar-refractivity contribution in [2.75, 3.05) is 0 Å². The number of benzene rings is 1. The molecule has 0 spiro atoms. The fraction of sp³-hybridized carbons (Fsp3) is 0.143. The Morgan fingerprint density at radius 3 is 2.45 bits per heavy atom. The molecule has 0 aliphatic heterocycles. The lowest BCUT2D eigenvalue weighted by Gasteiger charge is -2.11. The average Bonchev–Trinajstić information content (AvgIpc) is 2.94. The Morgan fingerprint density at radius 1 is 1.18 bits per heavy atom. The molecular weight excluding hydrogens is 297 g/mol. The zero-order chi connectivity index (χ0) is 16.2. The molecule has 2 aromatic rings. The first-order valence-electron chi connectivity index (χ1n) is 6.26. The molecule has 1 heterocycles. The van der Waals surface area contributed by atoms with E-state index in [-0.39, 0.29) is 6.54 Å². The zero-order valence-electron chi connectivity index (χ0n) is 11.4. The maximum atomic E-state index is 12.4. The molecule has 1 aromatic heterocycles. The minimum atomic E-state index is -4.53. The number of hydrogen-bond donors (Lipinski definition) is 2. The molecule has 1 aromatic carbocycles. The maximum Gasteiger partial charge on any atom is 0.435 e. The van der Waals surface area contributed by atoms with Gasteiger partial charge in [-0.1, -0.05) is 36.9 Å². The van der Waals surface area contributed by atoms with Gasteiger partial charge >= 0.3 is 6.18 Å². The molecule has 0 fully saturated rings. The summed E-state index contributed by atoms with van der Waals surface area (Å²) in [7, 11) is 0. The van der Waals surface area contributed by atoms with E-state index in [0.717, 1.165) is 22.5 Å². The van der Waals surface area contributed by atoms with Gasteiger partial charge in [0, 0.05) is 6.20 Å². The number of nitrogens with one attached hydrogen (secondary N) is 2. The van der Waals surface area contributed by atoms with Crippen molar-refractivity contribution in [2.45, 2.75) is 12.7 Å². The van der Waals surface area contributed by atoms with Crippen LogP contribution in [0.4, 0.5) is 13.2 Å². The van der Waals surface area contributed by atoms with Crippen LogP contribution >= 0.6 is 0 Å². The molecule has 0 saturated heterocycles. The first-order valence-corrected chi connectivity index (χ1v) is 6.26. The van der Waals surface area contributed by atoms with Crippen LogP contribution in [0.2, 0.25) is 0 Å². The molecule has 22 heavy (non-hydrogen) atoms. The molecule has 2 rings (SSSR count). The second-order valence-electron chi connectivity index (χ2n) is 4.41. The summed E-state index contributed by atoms with van der Waals surface area (Å²) in [6, 6.07) is 9.86. The Morgan fingerprint density at radius 2 is 1.86 bits per heavy atom. The number of carbonyl (C=O) groups is 1. The van der Waals surface area contributed by atoms with Crippen LogP contribution in [-0.4, -0.2) is 15.7 Å². The van der Waals surface area contributed by atoms with Crippen molar-refractivity contribution in [1.29, 1.82) is 0 Å². The molecule has 8 heteroatoms. The second kappa shape index (κ2) is 6.33. The predicted octanol–water partition coefficient (Wildman–Crippen LogP) is 2.19. The Bertz CT molecular complexity index is 664. The van der Waals surface area contributed by atoms with Gasteiger partial charge < -0.3 is 0 Å². The van der Waals surface area contributed by atoms with E-state index in [1.54, 1.807) is 12.1 Å². The number of amides is 1. The summed E-state index contributed by atoms with van der Waals surface area (Å²) in [5, 5.41) is 3.29. The molecule has 0 atom stereocenters. The van der Waals surface area contributed by atoms with Gasteiger partial charge in [-0.2, -0.15) is 18.3 Å². The van der Waals surface area contributed by atoms with Gasteiger partial charge in [-0.15, -0.1) is 0 Å². The molecule has 0 saturated carbocycles. The number of carbonyl (C=O) groups excluding carboxylic acids is 1. The molecule has 0 radical (unpaired) electrons. The Labute approximate surface area is 124 Å². The van der Waals surface area contributed by atoms with Crippen molar-refractivity contribution in [3.8, 4) is 0 Å². The Kier molecular flexibility index (Phi) is 4.50. The quantitative estimate of drug-likeness (QED) is 0.832. The lowest BCUT2D eigenvalue weighted by Crippen LogP contribution is -2.38. The summed E-state index contributed by atoms with van der Waals surface area (Å²) in [4.78, 5) is 11.7. The van der Waals surface area contributed by atoms with E-state index in [1.165, 1.54) is 0 Å². The second-order valence-corrected chi connectivity index (χ2v) is 4.41. The van der Waals surface area contributed by atoms with Crippen LogP contribution in [0.15, 0.2) is 49.2 Å². The van der Waals surface area contributed by atoms with E-state index in [2.05, 4.69) is 22.5 Å². The number of halogens is 3. The van der Waals surface area contributed by atoms with Gasteiger partial charge in [-0.25, -0.2) is 0 Å². The SMILES string of the molecule is C=C(NNC(=O)Cn1ccc(C(F)(F)F)n1)c1ccccc1. The normalized spacial score (nSPS) is 11.0. The van der Waals surface area contributed by atoms with Crippen LogP contribution in [0.1, 0.15) is 11.3 Å². The van der Waals surface area contributed by atoms with Gasteiger partial charge in [0.25, 0.3) is 5.91 Å². The van der Waals surface area contributed by atoms with Crippen molar-refractivity contribution >= 4 is 11.6 Å². The third-order valence-electron chi connectivity index (χ3n) is 2.71. The van der Waals surface area contributed by atoms with Crippen molar-refractivity contribution in [1.82, 2.24) is 20.6 Å². The van der Waals surface area contributed by atoms with Gasteiger partial charge in [0.1, 0.15) is 6.54 Å². The van der Waals surface area contributed by atoms with Crippen LogP contribution in [0, 0.1) is 0 Å². The summed E-state index contributed by atoms with van der Waals surface area (Å²) >= 11 is 0. The molecule has 116 valence electrons. The van der Waals surface area contributed by atoms with Crippen LogP contribution in [0.3, 0.4) is 0 Å². The third-order valence-corrected chi connectivity index (χ3v) is 2.71. The molecule has 0 aliphatic rings. The minimum Gasteiger partial charge on any atom is -0.299 e. The van der Waals surface area contributed by atoms with E-state index in [0.29, 0.717) is 5.70 Å². The Hall–Kier alpha value is -2.77. The van der Waals surface area contributed by atoms with Gasteiger partial charge in [0.15, 0.2) is 5.69 Å². The monoisotopic (exact) mass is 310 g/mol. The Balaban J connectivity index is 1.86. The summed E-state index contributed by atoms with van der Waals surface area (Å²) in [5.74, 6) is -0.547. The third kappa shape index (κ3) is 4.11. The standard InChI is InChI=1S/C14H13F3N4O/c1-10(11-5-3-2-4-6-11)18-19-13(22)9-21-8-7-12(20-21)14(15,16)17/h2-8,18H,1,9H2,(H,19,22). The van der Waals surface area contributed by atoms with Crippen LogP contribution in [-0.2, 0) is 17.5 Å². The highest BCUT2D eigenvalue weighted by atomic mass is 19.4. The van der Waals surface area contributed by atoms with E-state index in [1.807, 2.05) is 18.2 Å². The van der Waals surface area contributed by atoms with E-state index in [4.69, 9.17) is 0 Å². The lowest BCUT2D eigenvalue weighted by atomic mass is 10.2. The largest absolute Gasteiger partial charge is 0.435 e. The number of hydrogen-bond acceptors (Lipinski definition) is 3. The first kappa shape index (κ1) is 15.6. The van der Waals surface area contributed by atoms with E-state index < -0.39 is 17.8 Å². The molecular formula is C14H13F3N4O. The highest BCUT2D eigenvalue weighted by Crippen LogP contribution is 2.27. The van der Waals surface area contributed by atoms with Crippen molar-refractivity contribution < 1.29 is 18.0 Å². The average molecular weight is 310 g/mol. The van der Waals surface area contributed by atoms with Crippen LogP contribution in [0.5, 0.6) is 0 Å². The summed E-state index contributed by atoms with van der Waals surface area (Å²) in [6.07, 6.45) is -3.43. The fourth-order valence-electron chi connectivity index (χ4n) is 1.64. The van der Waals surface area contributed by atoms with Gasteiger partial charge in [0.2, 0.25) is 0 Å². The maximum absolute atomic E-state index is 12.4. The highest BCUT2D eigenvalue weighted by molar-refractivity contribution is 5.76. The summed E-state index contributed by atoms with van der Waals surface area (Å²) in [5.41, 5.74) is 5.15. The number of hydrazine groups is 1. The van der Waals surface area contributed by atoms with Gasteiger partial charge in [-0.3, -0.25) is 20.3 Å². The number of nitrogens with zero attached hydrogens (tertiary/aromatic N) is 2. The molecule has 0 bridgehead atoms. The fourth-order valence-corrected chi connectivity index (χ4v) is 1.64. The van der Waals surface area contributed by atoms with E-state index >= 15 is 0 Å². The number of aromatic nitrogens is 2. The molecule has 0 unspecified atom stereocenters. The van der Waals surface area contributed by atoms with Gasteiger partial charge in [-0.05, 0) is 11.6 Å². The molecule has 5 nitrogen and oxygen atoms in total. The summed E-state index contributed by atoms with van der Waals surface area (Å²) in [6.45, 7) is 3.40. The van der Waals surface area contributed by atoms with Crippen molar-refractivity contribution in [2.24, 2.45) is 0 Å². The van der Waals surface area contributed by atoms with Crippen molar-refractivity contribution in [3.05, 3.63) is 60.4 Å². The highest BCUT2D eigenvalue weighted by Gasteiger charge is 2.33. The zero-order valence-corrected chi connectivity index (χ0v) is 11.4. The summed E-state index contributed by atoms with van der Waals surface area (Å²) < 4.78 is 38.0. The van der Waals surface area contributed by atoms with Crippen LogP contribution < -0.4 is 10.9 Å². The van der Waals surface area contributed by atoms with Gasteiger partial charge in [0.05, 0.1) is 5.70 Å². The molecule has 1 amide bonds. The smallest absolute Gasteiger partial charge is 0.299 e. The van der Waals surface area contributed by atoms with Crippen LogP contribution in [0.25, 0.3) is 5.70 Å². The van der Waals surface area contributed by atoms with Crippen molar-refractivity contribution in [3.63, 3.8) is 0 Å². The molecule has 2 N–H and O–H groups in total. The van der Waals surface area contributed by atoms with E-state index in [9.17, 15) is 18.0 Å². The topological polar surface area (TPSA) is 58.9 Å².